The molecule has 0 radical (unpaired) electrons. The highest BCUT2D eigenvalue weighted by Crippen LogP contribution is 2.74. The molecule has 4 aromatic rings. The normalized spacial score (nSPS) is 20.9. The number of fused-ring (bicyclic) bond motifs is 5. The maximum Gasteiger partial charge on any atom is 0.0405 e. The van der Waals surface area contributed by atoms with Gasteiger partial charge in [-0.15, -0.1) is 0 Å². The van der Waals surface area contributed by atoms with Crippen molar-refractivity contribution in [3.8, 4) is 22.3 Å². The maximum atomic E-state index is 2.67. The Balaban J connectivity index is 1.43. The van der Waals surface area contributed by atoms with E-state index in [9.17, 15) is 0 Å². The predicted octanol–water partition coefficient (Wildman–Crippen LogP) is 8.91. The summed E-state index contributed by atoms with van der Waals surface area (Å²) in [5, 5.41) is 1.12. The van der Waals surface area contributed by atoms with E-state index in [4.69, 9.17) is 0 Å². The van der Waals surface area contributed by atoms with Gasteiger partial charge < -0.3 is 0 Å². The summed E-state index contributed by atoms with van der Waals surface area (Å²) in [5.74, 6) is 0.667. The van der Waals surface area contributed by atoms with Gasteiger partial charge in [0.2, 0.25) is 0 Å². The maximum absolute atomic E-state index is 2.67. The van der Waals surface area contributed by atoms with Crippen LogP contribution in [0.2, 0.25) is 0 Å². The first-order chi connectivity index (χ1) is 17.1. The molecule has 35 heavy (non-hydrogen) atoms. The van der Waals surface area contributed by atoms with E-state index in [1.807, 2.05) is 0 Å². The first-order valence-corrected chi connectivity index (χ1v) is 15.8. The van der Waals surface area contributed by atoms with Crippen molar-refractivity contribution in [1.82, 2.24) is 0 Å². The molecule has 0 bridgehead atoms. The Kier molecular flexibility index (Phi) is 4.83. The zero-order valence-corrected chi connectivity index (χ0v) is 21.9. The Bertz CT molecular complexity index is 1400. The number of aryl methyl sites for hydroxylation is 1. The van der Waals surface area contributed by atoms with Gasteiger partial charge in [0.1, 0.15) is 0 Å². The molecule has 0 nitrogen and oxygen atoms in total. The molecule has 3 aliphatic rings. The van der Waals surface area contributed by atoms with Crippen molar-refractivity contribution in [1.29, 1.82) is 0 Å². The second-order valence-electron chi connectivity index (χ2n) is 11.3. The molecule has 0 saturated heterocycles. The van der Waals surface area contributed by atoms with Crippen LogP contribution in [0.4, 0.5) is 0 Å². The molecule has 2 atom stereocenters. The summed E-state index contributed by atoms with van der Waals surface area (Å²) in [6.07, 6.45) is 10.3. The van der Waals surface area contributed by atoms with Gasteiger partial charge in [-0.05, 0) is 99.7 Å². The van der Waals surface area contributed by atoms with E-state index < -0.39 is 10.0 Å². The van der Waals surface area contributed by atoms with Crippen molar-refractivity contribution in [2.45, 2.75) is 43.1 Å². The van der Waals surface area contributed by atoms with Crippen LogP contribution < -0.4 is 0 Å². The minimum atomic E-state index is -1.04. The molecule has 0 spiro atoms. The summed E-state index contributed by atoms with van der Waals surface area (Å²) >= 11 is 0. The van der Waals surface area contributed by atoms with Gasteiger partial charge in [-0.1, -0.05) is 91.9 Å². The molecule has 0 saturated carbocycles. The third-order valence-electron chi connectivity index (χ3n) is 8.99. The highest BCUT2D eigenvalue weighted by molar-refractivity contribution is 8.33. The third kappa shape index (κ3) is 3.07. The van der Waals surface area contributed by atoms with E-state index in [1.165, 1.54) is 42.4 Å². The lowest BCUT2D eigenvalue weighted by atomic mass is 9.89. The molecule has 7 rings (SSSR count). The van der Waals surface area contributed by atoms with E-state index in [0.717, 1.165) is 0 Å². The number of hydrogen-bond acceptors (Lipinski definition) is 0. The average molecular weight is 475 g/mol. The summed E-state index contributed by atoms with van der Waals surface area (Å²) in [6.45, 7) is 2.53. The summed E-state index contributed by atoms with van der Waals surface area (Å²) in [5.41, 5.74) is 15.7. The van der Waals surface area contributed by atoms with Crippen LogP contribution in [-0.4, -0.2) is 12.5 Å². The molecule has 3 aliphatic carbocycles. The predicted molar refractivity (Wildman–Crippen MR) is 153 cm³/mol. The monoisotopic (exact) mass is 474 g/mol. The lowest BCUT2D eigenvalue weighted by Crippen LogP contribution is -2.19. The Morgan fingerprint density at radius 1 is 0.686 bits per heavy atom. The van der Waals surface area contributed by atoms with Crippen molar-refractivity contribution in [2.75, 3.05) is 12.5 Å². The average Bonchev–Trinajstić information content (AvgIpc) is 3.56. The Morgan fingerprint density at radius 3 is 2.00 bits per heavy atom. The van der Waals surface area contributed by atoms with E-state index in [-0.39, 0.29) is 0 Å². The summed E-state index contributed by atoms with van der Waals surface area (Å²) in [4.78, 5) is 0. The van der Waals surface area contributed by atoms with E-state index in [2.05, 4.69) is 104 Å². The number of rotatable bonds is 3. The molecular weight excluding hydrogens is 440 g/mol. The first kappa shape index (κ1) is 21.5. The van der Waals surface area contributed by atoms with Gasteiger partial charge in [0.05, 0.1) is 0 Å². The third-order valence-corrected chi connectivity index (χ3v) is 12.7. The Labute approximate surface area is 211 Å². The highest BCUT2D eigenvalue weighted by Gasteiger charge is 2.46. The smallest absolute Gasteiger partial charge is 0.0405 e. The van der Waals surface area contributed by atoms with E-state index in [0.29, 0.717) is 16.4 Å². The topological polar surface area (TPSA) is 0 Å². The zero-order valence-electron chi connectivity index (χ0n) is 21.1. The van der Waals surface area contributed by atoms with Crippen LogP contribution in [0.5, 0.6) is 0 Å². The zero-order chi connectivity index (χ0) is 23.7. The Morgan fingerprint density at radius 2 is 1.31 bits per heavy atom. The SMILES string of the molecule is CC1Cc2c(cc3c(c2-c2ccccc2)CCC3)C1S(C)(C)C1c2ccccc2-c2ccccc21. The minimum absolute atomic E-state index is 0.502. The van der Waals surface area contributed by atoms with Gasteiger partial charge >= 0.3 is 0 Å². The fraction of sp³-hybridized carbons (Fsp3) is 0.294. The van der Waals surface area contributed by atoms with Crippen molar-refractivity contribution < 1.29 is 0 Å². The van der Waals surface area contributed by atoms with Crippen LogP contribution in [0.3, 0.4) is 0 Å². The molecule has 0 amide bonds. The summed E-state index contributed by atoms with van der Waals surface area (Å²) in [6, 6.07) is 32.4. The van der Waals surface area contributed by atoms with Crippen LogP contribution in [0.1, 0.15) is 57.2 Å². The standard InChI is InChI=1S/C34H34S/c1-22-20-30-31(21-24-14-11-19-25(24)32(30)23-12-5-4-6-13-23)33(22)35(2,3)34-28-17-9-7-15-26(28)27-16-8-10-18-29(27)34/h4-10,12-13,15-18,21-22,33-34H,11,14,19-20H2,1-3H3. The fourth-order valence-corrected chi connectivity index (χ4v) is 12.0. The second-order valence-corrected chi connectivity index (χ2v) is 15.3. The Hall–Kier alpha value is -2.77. The quantitative estimate of drug-likeness (QED) is 0.278. The number of hydrogen-bond donors (Lipinski definition) is 0. The minimum Gasteiger partial charge on any atom is -0.229 e. The molecule has 0 fully saturated rings. The molecule has 176 valence electrons. The molecule has 0 aliphatic heterocycles. The van der Waals surface area contributed by atoms with Gasteiger partial charge in [-0.2, -0.15) is 0 Å². The molecule has 0 heterocycles. The lowest BCUT2D eigenvalue weighted by Gasteiger charge is -2.47. The van der Waals surface area contributed by atoms with E-state index in [1.54, 1.807) is 38.9 Å². The summed E-state index contributed by atoms with van der Waals surface area (Å²) in [7, 11) is -1.04. The van der Waals surface area contributed by atoms with Crippen LogP contribution in [0, 0.1) is 5.92 Å². The molecule has 0 aromatic heterocycles. The largest absolute Gasteiger partial charge is 0.229 e. The molecule has 2 unspecified atom stereocenters. The van der Waals surface area contributed by atoms with Gasteiger partial charge in [0, 0.05) is 10.5 Å². The fourth-order valence-electron chi connectivity index (χ4n) is 7.81. The lowest BCUT2D eigenvalue weighted by molar-refractivity contribution is 0.608. The number of benzene rings is 4. The molecule has 1 heteroatoms. The van der Waals surface area contributed by atoms with E-state index >= 15 is 0 Å². The molecular formula is C34H34S. The highest BCUT2D eigenvalue weighted by atomic mass is 32.3. The van der Waals surface area contributed by atoms with Gasteiger partial charge in [-0.3, -0.25) is 0 Å². The van der Waals surface area contributed by atoms with Crippen molar-refractivity contribution in [3.05, 3.63) is 118 Å². The van der Waals surface area contributed by atoms with Crippen LogP contribution in [0.15, 0.2) is 84.9 Å². The van der Waals surface area contributed by atoms with Gasteiger partial charge in [0.15, 0.2) is 0 Å². The van der Waals surface area contributed by atoms with Crippen molar-refractivity contribution in [2.24, 2.45) is 5.92 Å². The molecule has 4 aromatic carbocycles. The van der Waals surface area contributed by atoms with Crippen molar-refractivity contribution in [3.63, 3.8) is 0 Å². The van der Waals surface area contributed by atoms with Crippen LogP contribution >= 0.6 is 10.0 Å². The van der Waals surface area contributed by atoms with Gasteiger partial charge in [-0.25, -0.2) is 10.0 Å². The van der Waals surface area contributed by atoms with Crippen LogP contribution in [0.25, 0.3) is 22.3 Å². The van der Waals surface area contributed by atoms with Crippen molar-refractivity contribution >= 4 is 10.0 Å². The molecule has 0 N–H and O–H groups in total. The second kappa shape index (κ2) is 7.87. The first-order valence-electron chi connectivity index (χ1n) is 13.2. The van der Waals surface area contributed by atoms with Crippen LogP contribution in [-0.2, 0) is 19.3 Å². The summed E-state index contributed by atoms with van der Waals surface area (Å²) < 4.78 is 0. The van der Waals surface area contributed by atoms with Gasteiger partial charge in [0.25, 0.3) is 0 Å².